The summed E-state index contributed by atoms with van der Waals surface area (Å²) in [4.78, 5) is 11.0. The minimum Gasteiger partial charge on any atom is -0.481 e. The van der Waals surface area contributed by atoms with Crippen molar-refractivity contribution < 1.29 is 19.7 Å². The van der Waals surface area contributed by atoms with E-state index in [9.17, 15) is 9.90 Å². The summed E-state index contributed by atoms with van der Waals surface area (Å²) in [5, 5.41) is 18.5. The third-order valence-corrected chi connectivity index (χ3v) is 2.36. The standard InChI is InChI=1S/C10H20O4/c1-4-5-10(2,9(12)13)6-8(11)7-14-3/h8,11H,4-7H2,1-3H3,(H,12,13). The zero-order valence-corrected chi connectivity index (χ0v) is 9.12. The molecule has 0 aliphatic rings. The molecule has 0 aromatic carbocycles. The first-order valence-electron chi connectivity index (χ1n) is 4.86. The smallest absolute Gasteiger partial charge is 0.309 e. The summed E-state index contributed by atoms with van der Waals surface area (Å²) >= 11 is 0. The van der Waals surface area contributed by atoms with Crippen LogP contribution < -0.4 is 0 Å². The zero-order valence-electron chi connectivity index (χ0n) is 9.12. The van der Waals surface area contributed by atoms with E-state index in [1.807, 2.05) is 6.92 Å². The number of aliphatic hydroxyl groups excluding tert-OH is 1. The van der Waals surface area contributed by atoms with Crippen LogP contribution in [0.3, 0.4) is 0 Å². The first kappa shape index (κ1) is 13.4. The quantitative estimate of drug-likeness (QED) is 0.655. The van der Waals surface area contributed by atoms with E-state index >= 15 is 0 Å². The first-order chi connectivity index (χ1) is 6.46. The second-order valence-corrected chi connectivity index (χ2v) is 3.93. The molecule has 2 atom stereocenters. The molecule has 0 aliphatic carbocycles. The van der Waals surface area contributed by atoms with E-state index in [2.05, 4.69) is 0 Å². The van der Waals surface area contributed by atoms with Crippen LogP contribution in [-0.4, -0.2) is 36.0 Å². The molecular weight excluding hydrogens is 184 g/mol. The number of rotatable bonds is 7. The van der Waals surface area contributed by atoms with Crippen LogP contribution >= 0.6 is 0 Å². The highest BCUT2D eigenvalue weighted by Crippen LogP contribution is 2.29. The van der Waals surface area contributed by atoms with Crippen molar-refractivity contribution in [2.75, 3.05) is 13.7 Å². The summed E-state index contributed by atoms with van der Waals surface area (Å²) in [6.07, 6.45) is 0.906. The number of carboxylic acid groups (broad SMARTS) is 1. The van der Waals surface area contributed by atoms with Crippen molar-refractivity contribution >= 4 is 5.97 Å². The van der Waals surface area contributed by atoms with Gasteiger partial charge in [-0.15, -0.1) is 0 Å². The summed E-state index contributed by atoms with van der Waals surface area (Å²) in [5.41, 5.74) is -0.841. The Kier molecular flexibility index (Phi) is 5.72. The second-order valence-electron chi connectivity index (χ2n) is 3.93. The Morgan fingerprint density at radius 2 is 2.14 bits per heavy atom. The zero-order chi connectivity index (χ0) is 11.2. The number of hydrogen-bond acceptors (Lipinski definition) is 3. The van der Waals surface area contributed by atoms with E-state index in [1.165, 1.54) is 7.11 Å². The number of ether oxygens (including phenoxy) is 1. The lowest BCUT2D eigenvalue weighted by Crippen LogP contribution is -2.33. The first-order valence-corrected chi connectivity index (χ1v) is 4.86. The van der Waals surface area contributed by atoms with E-state index in [0.717, 1.165) is 6.42 Å². The van der Waals surface area contributed by atoms with Crippen LogP contribution in [0.25, 0.3) is 0 Å². The van der Waals surface area contributed by atoms with Crippen molar-refractivity contribution in [2.24, 2.45) is 5.41 Å². The van der Waals surface area contributed by atoms with Gasteiger partial charge in [0.05, 0.1) is 18.1 Å². The molecule has 0 rings (SSSR count). The minimum absolute atomic E-state index is 0.187. The summed E-state index contributed by atoms with van der Waals surface area (Å²) in [6, 6.07) is 0. The number of carboxylic acids is 1. The highest BCUT2D eigenvalue weighted by molar-refractivity contribution is 5.74. The molecule has 14 heavy (non-hydrogen) atoms. The van der Waals surface area contributed by atoms with E-state index in [4.69, 9.17) is 9.84 Å². The molecule has 0 saturated heterocycles. The lowest BCUT2D eigenvalue weighted by atomic mass is 9.80. The normalized spacial score (nSPS) is 17.4. The highest BCUT2D eigenvalue weighted by Gasteiger charge is 2.34. The monoisotopic (exact) mass is 204 g/mol. The summed E-state index contributed by atoms with van der Waals surface area (Å²) in [7, 11) is 1.49. The summed E-state index contributed by atoms with van der Waals surface area (Å²) in [6.45, 7) is 3.79. The molecule has 0 aromatic heterocycles. The van der Waals surface area contributed by atoms with Gasteiger partial charge in [0, 0.05) is 7.11 Å². The van der Waals surface area contributed by atoms with Crippen LogP contribution in [-0.2, 0) is 9.53 Å². The molecule has 0 heterocycles. The Balaban J connectivity index is 4.28. The van der Waals surface area contributed by atoms with Gasteiger partial charge in [0.1, 0.15) is 0 Å². The highest BCUT2D eigenvalue weighted by atomic mass is 16.5. The molecule has 0 amide bonds. The SMILES string of the molecule is CCCC(C)(CC(O)COC)C(=O)O. The van der Waals surface area contributed by atoms with Crippen LogP contribution in [0, 0.1) is 5.41 Å². The predicted octanol–water partition coefficient (Wildman–Crippen LogP) is 1.27. The number of aliphatic hydroxyl groups is 1. The van der Waals surface area contributed by atoms with Gasteiger partial charge in [0.25, 0.3) is 0 Å². The van der Waals surface area contributed by atoms with Gasteiger partial charge in [-0.1, -0.05) is 13.3 Å². The number of hydrogen-bond donors (Lipinski definition) is 2. The Labute approximate surface area is 84.9 Å². The molecule has 0 radical (unpaired) electrons. The Morgan fingerprint density at radius 1 is 1.57 bits per heavy atom. The molecule has 4 nitrogen and oxygen atoms in total. The van der Waals surface area contributed by atoms with E-state index in [-0.39, 0.29) is 13.0 Å². The maximum atomic E-state index is 11.0. The molecule has 0 saturated carbocycles. The van der Waals surface area contributed by atoms with Crippen LogP contribution in [0.1, 0.15) is 33.1 Å². The predicted molar refractivity (Wildman–Crippen MR) is 53.2 cm³/mol. The molecule has 0 bridgehead atoms. The van der Waals surface area contributed by atoms with Gasteiger partial charge >= 0.3 is 5.97 Å². The molecular formula is C10H20O4. The fourth-order valence-electron chi connectivity index (χ4n) is 1.62. The van der Waals surface area contributed by atoms with Crippen molar-refractivity contribution in [3.8, 4) is 0 Å². The largest absolute Gasteiger partial charge is 0.481 e. The average molecular weight is 204 g/mol. The maximum absolute atomic E-state index is 11.0. The molecule has 0 spiro atoms. The number of methoxy groups -OCH3 is 1. The Bertz CT molecular complexity index is 181. The van der Waals surface area contributed by atoms with Crippen LogP contribution in [0.4, 0.5) is 0 Å². The Morgan fingerprint density at radius 3 is 2.50 bits per heavy atom. The van der Waals surface area contributed by atoms with Gasteiger partial charge in [-0.05, 0) is 19.8 Å². The second kappa shape index (κ2) is 5.98. The van der Waals surface area contributed by atoms with Gasteiger partial charge in [-0.2, -0.15) is 0 Å². The van der Waals surface area contributed by atoms with E-state index < -0.39 is 17.5 Å². The molecule has 0 fully saturated rings. The van der Waals surface area contributed by atoms with Gasteiger partial charge in [-0.3, -0.25) is 4.79 Å². The van der Waals surface area contributed by atoms with Crippen molar-refractivity contribution in [3.63, 3.8) is 0 Å². The minimum atomic E-state index is -0.852. The number of aliphatic carboxylic acids is 1. The van der Waals surface area contributed by atoms with E-state index in [1.54, 1.807) is 6.92 Å². The van der Waals surface area contributed by atoms with Gasteiger partial charge in [0.15, 0.2) is 0 Å². The molecule has 2 unspecified atom stereocenters. The molecule has 0 aromatic rings. The van der Waals surface area contributed by atoms with Crippen LogP contribution in [0.5, 0.6) is 0 Å². The molecule has 84 valence electrons. The molecule has 0 aliphatic heterocycles. The fourth-order valence-corrected chi connectivity index (χ4v) is 1.62. The van der Waals surface area contributed by atoms with Gasteiger partial charge in [-0.25, -0.2) is 0 Å². The lowest BCUT2D eigenvalue weighted by Gasteiger charge is -2.26. The number of carbonyl (C=O) groups is 1. The van der Waals surface area contributed by atoms with E-state index in [0.29, 0.717) is 6.42 Å². The van der Waals surface area contributed by atoms with Crippen molar-refractivity contribution in [3.05, 3.63) is 0 Å². The molecule has 2 N–H and O–H groups in total. The summed E-state index contributed by atoms with van der Waals surface area (Å²) < 4.78 is 4.76. The van der Waals surface area contributed by atoms with Crippen molar-refractivity contribution in [1.29, 1.82) is 0 Å². The molecule has 4 heteroatoms. The third-order valence-electron chi connectivity index (χ3n) is 2.36. The average Bonchev–Trinajstić information content (AvgIpc) is 2.04. The van der Waals surface area contributed by atoms with Crippen LogP contribution in [0.2, 0.25) is 0 Å². The van der Waals surface area contributed by atoms with Gasteiger partial charge < -0.3 is 14.9 Å². The summed E-state index contributed by atoms with van der Waals surface area (Å²) in [5.74, 6) is -0.852. The van der Waals surface area contributed by atoms with Crippen LogP contribution in [0.15, 0.2) is 0 Å². The maximum Gasteiger partial charge on any atom is 0.309 e. The van der Waals surface area contributed by atoms with Crippen molar-refractivity contribution in [2.45, 2.75) is 39.2 Å². The third kappa shape index (κ3) is 4.07. The Hall–Kier alpha value is -0.610. The lowest BCUT2D eigenvalue weighted by molar-refractivity contribution is -0.150. The topological polar surface area (TPSA) is 66.8 Å². The van der Waals surface area contributed by atoms with Crippen molar-refractivity contribution in [1.82, 2.24) is 0 Å². The van der Waals surface area contributed by atoms with Gasteiger partial charge in [0.2, 0.25) is 0 Å². The fraction of sp³-hybridized carbons (Fsp3) is 0.900.